The highest BCUT2D eigenvalue weighted by molar-refractivity contribution is 7.98. The largest absolute Gasteiger partial charge is 0.340 e. The lowest BCUT2D eigenvalue weighted by atomic mass is 10.2. The van der Waals surface area contributed by atoms with Gasteiger partial charge in [0.25, 0.3) is 0 Å². The molecule has 2 aromatic rings. The maximum atomic E-state index is 11.1. The SMILES string of the molecule is CC(=O)c1ccc(SCc2noc(C)n2)cc1. The second-order valence-corrected chi connectivity index (χ2v) is 4.65. The second kappa shape index (κ2) is 5.14. The van der Waals surface area contributed by atoms with Gasteiger partial charge >= 0.3 is 0 Å². The van der Waals surface area contributed by atoms with Gasteiger partial charge in [-0.25, -0.2) is 0 Å². The zero-order valence-electron chi connectivity index (χ0n) is 9.64. The smallest absolute Gasteiger partial charge is 0.223 e. The molecule has 0 fully saturated rings. The Bertz CT molecular complexity index is 520. The van der Waals surface area contributed by atoms with Gasteiger partial charge in [-0.05, 0) is 19.1 Å². The van der Waals surface area contributed by atoms with Gasteiger partial charge in [0.2, 0.25) is 5.89 Å². The van der Waals surface area contributed by atoms with Crippen LogP contribution in [-0.4, -0.2) is 15.9 Å². The van der Waals surface area contributed by atoms with Crippen LogP contribution in [0.3, 0.4) is 0 Å². The number of benzene rings is 1. The van der Waals surface area contributed by atoms with Gasteiger partial charge in [-0.2, -0.15) is 4.98 Å². The second-order valence-electron chi connectivity index (χ2n) is 3.60. The Morgan fingerprint density at radius 3 is 2.59 bits per heavy atom. The molecule has 0 amide bonds. The highest BCUT2D eigenvalue weighted by atomic mass is 32.2. The Labute approximate surface area is 103 Å². The van der Waals surface area contributed by atoms with Gasteiger partial charge in [0.05, 0.1) is 5.75 Å². The number of thioether (sulfide) groups is 1. The van der Waals surface area contributed by atoms with Crippen LogP contribution in [0, 0.1) is 6.92 Å². The van der Waals surface area contributed by atoms with Crippen molar-refractivity contribution in [2.75, 3.05) is 0 Å². The summed E-state index contributed by atoms with van der Waals surface area (Å²) in [6.45, 7) is 3.33. The Morgan fingerprint density at radius 2 is 2.06 bits per heavy atom. The molecule has 0 spiro atoms. The minimum absolute atomic E-state index is 0.0790. The van der Waals surface area contributed by atoms with Crippen LogP contribution in [0.5, 0.6) is 0 Å². The van der Waals surface area contributed by atoms with Gasteiger partial charge in [-0.1, -0.05) is 17.3 Å². The van der Waals surface area contributed by atoms with Crippen molar-refractivity contribution in [1.29, 1.82) is 0 Å². The summed E-state index contributed by atoms with van der Waals surface area (Å²) in [4.78, 5) is 16.3. The molecule has 0 saturated carbocycles. The van der Waals surface area contributed by atoms with E-state index in [-0.39, 0.29) is 5.78 Å². The van der Waals surface area contributed by atoms with E-state index >= 15 is 0 Å². The van der Waals surface area contributed by atoms with E-state index in [9.17, 15) is 4.79 Å². The molecular formula is C12H12N2O2S. The molecule has 88 valence electrons. The predicted molar refractivity (Wildman–Crippen MR) is 65.0 cm³/mol. The van der Waals surface area contributed by atoms with Crippen molar-refractivity contribution < 1.29 is 9.32 Å². The highest BCUT2D eigenvalue weighted by Crippen LogP contribution is 2.21. The lowest BCUT2D eigenvalue weighted by Crippen LogP contribution is -1.90. The van der Waals surface area contributed by atoms with Crippen molar-refractivity contribution >= 4 is 17.5 Å². The van der Waals surface area contributed by atoms with Crippen LogP contribution in [0.2, 0.25) is 0 Å². The third-order valence-electron chi connectivity index (χ3n) is 2.20. The average Bonchev–Trinajstić information content (AvgIpc) is 2.73. The Kier molecular flexibility index (Phi) is 3.58. The number of Topliss-reactive ketones (excluding diaryl/α,β-unsaturated/α-hetero) is 1. The molecule has 0 saturated heterocycles. The van der Waals surface area contributed by atoms with E-state index in [1.807, 2.05) is 24.3 Å². The van der Waals surface area contributed by atoms with E-state index in [1.165, 1.54) is 0 Å². The fraction of sp³-hybridized carbons (Fsp3) is 0.250. The fourth-order valence-electron chi connectivity index (χ4n) is 1.33. The highest BCUT2D eigenvalue weighted by Gasteiger charge is 2.04. The van der Waals surface area contributed by atoms with E-state index in [0.29, 0.717) is 17.5 Å². The monoisotopic (exact) mass is 248 g/mol. The Balaban J connectivity index is 1.97. The standard InChI is InChI=1S/C12H12N2O2S/c1-8(15)10-3-5-11(6-4-10)17-7-12-13-9(2)16-14-12/h3-6H,7H2,1-2H3. The van der Waals surface area contributed by atoms with Crippen LogP contribution in [0.1, 0.15) is 29.0 Å². The van der Waals surface area contributed by atoms with Crippen molar-refractivity contribution in [2.45, 2.75) is 24.5 Å². The summed E-state index contributed by atoms with van der Waals surface area (Å²) in [5.41, 5.74) is 0.727. The van der Waals surface area contributed by atoms with E-state index in [2.05, 4.69) is 10.1 Å². The number of ketones is 1. The van der Waals surface area contributed by atoms with Crippen LogP contribution in [0.4, 0.5) is 0 Å². The van der Waals surface area contributed by atoms with Crippen molar-refractivity contribution in [3.05, 3.63) is 41.5 Å². The number of hydrogen-bond donors (Lipinski definition) is 0. The Hall–Kier alpha value is -1.62. The zero-order chi connectivity index (χ0) is 12.3. The quantitative estimate of drug-likeness (QED) is 0.615. The molecule has 1 aromatic heterocycles. The first-order valence-electron chi connectivity index (χ1n) is 5.18. The average molecular weight is 248 g/mol. The van der Waals surface area contributed by atoms with Gasteiger partial charge in [-0.15, -0.1) is 11.8 Å². The van der Waals surface area contributed by atoms with Gasteiger partial charge in [0, 0.05) is 17.4 Å². The van der Waals surface area contributed by atoms with Gasteiger partial charge in [0.15, 0.2) is 11.6 Å². The maximum absolute atomic E-state index is 11.1. The van der Waals surface area contributed by atoms with E-state index in [0.717, 1.165) is 10.5 Å². The molecule has 5 heteroatoms. The number of aryl methyl sites for hydroxylation is 1. The number of carbonyl (C=O) groups is 1. The molecular weight excluding hydrogens is 236 g/mol. The number of nitrogens with zero attached hydrogens (tertiary/aromatic N) is 2. The summed E-state index contributed by atoms with van der Waals surface area (Å²) in [7, 11) is 0. The summed E-state index contributed by atoms with van der Waals surface area (Å²) in [6.07, 6.45) is 0. The number of carbonyl (C=O) groups excluding carboxylic acids is 1. The molecule has 0 aliphatic heterocycles. The van der Waals surface area contributed by atoms with Gasteiger partial charge in [-0.3, -0.25) is 4.79 Å². The molecule has 4 nitrogen and oxygen atoms in total. The molecule has 17 heavy (non-hydrogen) atoms. The molecule has 0 radical (unpaired) electrons. The van der Waals surface area contributed by atoms with Crippen molar-refractivity contribution in [3.63, 3.8) is 0 Å². The van der Waals surface area contributed by atoms with E-state index in [4.69, 9.17) is 4.52 Å². The van der Waals surface area contributed by atoms with Crippen molar-refractivity contribution in [1.82, 2.24) is 10.1 Å². The van der Waals surface area contributed by atoms with Gasteiger partial charge < -0.3 is 4.52 Å². The number of hydrogen-bond acceptors (Lipinski definition) is 5. The predicted octanol–water partition coefficient (Wildman–Crippen LogP) is 2.87. The lowest BCUT2D eigenvalue weighted by molar-refractivity contribution is 0.101. The third kappa shape index (κ3) is 3.17. The van der Waals surface area contributed by atoms with Crippen LogP contribution < -0.4 is 0 Å². The zero-order valence-corrected chi connectivity index (χ0v) is 10.5. The summed E-state index contributed by atoms with van der Waals surface area (Å²) < 4.78 is 4.88. The number of aromatic nitrogens is 2. The minimum atomic E-state index is 0.0790. The third-order valence-corrected chi connectivity index (χ3v) is 3.21. The van der Waals surface area contributed by atoms with Crippen LogP contribution in [0.25, 0.3) is 0 Å². The lowest BCUT2D eigenvalue weighted by Gasteiger charge is -1.99. The van der Waals surface area contributed by atoms with Crippen molar-refractivity contribution in [3.8, 4) is 0 Å². The molecule has 0 bridgehead atoms. The fourth-order valence-corrected chi connectivity index (χ4v) is 2.08. The molecule has 0 N–H and O–H groups in total. The van der Waals surface area contributed by atoms with Gasteiger partial charge in [0.1, 0.15) is 0 Å². The van der Waals surface area contributed by atoms with E-state index in [1.54, 1.807) is 25.6 Å². The van der Waals surface area contributed by atoms with Crippen LogP contribution in [0.15, 0.2) is 33.7 Å². The van der Waals surface area contributed by atoms with Crippen molar-refractivity contribution in [2.24, 2.45) is 0 Å². The summed E-state index contributed by atoms with van der Waals surface area (Å²) >= 11 is 1.61. The molecule has 0 aliphatic carbocycles. The Morgan fingerprint density at radius 1 is 1.35 bits per heavy atom. The first-order chi connectivity index (χ1) is 8.15. The summed E-state index contributed by atoms with van der Waals surface area (Å²) in [5.74, 6) is 2.00. The molecule has 0 atom stereocenters. The molecule has 0 unspecified atom stereocenters. The van der Waals surface area contributed by atoms with Crippen LogP contribution in [-0.2, 0) is 5.75 Å². The minimum Gasteiger partial charge on any atom is -0.340 e. The topological polar surface area (TPSA) is 56.0 Å². The molecule has 2 rings (SSSR count). The first-order valence-corrected chi connectivity index (χ1v) is 6.16. The summed E-state index contributed by atoms with van der Waals surface area (Å²) in [6, 6.07) is 7.50. The summed E-state index contributed by atoms with van der Waals surface area (Å²) in [5, 5.41) is 3.82. The molecule has 1 heterocycles. The normalized spacial score (nSPS) is 10.5. The van der Waals surface area contributed by atoms with E-state index < -0.39 is 0 Å². The number of rotatable bonds is 4. The maximum Gasteiger partial charge on any atom is 0.223 e. The first kappa shape index (κ1) is 11.9. The van der Waals surface area contributed by atoms with Crippen LogP contribution >= 0.6 is 11.8 Å². The molecule has 1 aromatic carbocycles. The molecule has 0 aliphatic rings.